The Bertz CT molecular complexity index is 482. The SMILES string of the molecule is CC(N)C1CCCCN1C(=O)C1CCCN(C(=O)NC2CCCC2)C1.Cl. The number of urea groups is 1. The minimum Gasteiger partial charge on any atom is -0.338 e. The first-order valence-electron chi connectivity index (χ1n) is 10.2. The van der Waals surface area contributed by atoms with Crippen molar-refractivity contribution in [3.8, 4) is 0 Å². The maximum Gasteiger partial charge on any atom is 0.317 e. The topological polar surface area (TPSA) is 78.7 Å². The molecule has 6 nitrogen and oxygen atoms in total. The van der Waals surface area contributed by atoms with Crippen molar-refractivity contribution in [1.82, 2.24) is 15.1 Å². The van der Waals surface area contributed by atoms with Crippen LogP contribution in [0.2, 0.25) is 0 Å². The summed E-state index contributed by atoms with van der Waals surface area (Å²) < 4.78 is 0. The Labute approximate surface area is 163 Å². The monoisotopic (exact) mass is 386 g/mol. The fraction of sp³-hybridized carbons (Fsp3) is 0.895. The van der Waals surface area contributed by atoms with E-state index in [1.54, 1.807) is 0 Å². The van der Waals surface area contributed by atoms with Crippen LogP contribution >= 0.6 is 12.4 Å². The first-order valence-corrected chi connectivity index (χ1v) is 10.2. The molecule has 0 bridgehead atoms. The molecule has 3 rings (SSSR count). The van der Waals surface area contributed by atoms with Crippen molar-refractivity contribution in [2.75, 3.05) is 19.6 Å². The molecule has 0 aromatic heterocycles. The lowest BCUT2D eigenvalue weighted by Gasteiger charge is -2.42. The number of nitrogens with one attached hydrogen (secondary N) is 1. The van der Waals surface area contributed by atoms with Crippen LogP contribution in [0.5, 0.6) is 0 Å². The Morgan fingerprint density at radius 2 is 1.69 bits per heavy atom. The van der Waals surface area contributed by atoms with Gasteiger partial charge in [-0.3, -0.25) is 4.79 Å². The number of rotatable bonds is 3. The van der Waals surface area contributed by atoms with Crippen LogP contribution in [0.15, 0.2) is 0 Å². The molecule has 3 unspecified atom stereocenters. The van der Waals surface area contributed by atoms with E-state index in [1.807, 2.05) is 16.7 Å². The molecule has 3 fully saturated rings. The molecule has 0 aromatic rings. The average Bonchev–Trinajstić information content (AvgIpc) is 3.14. The van der Waals surface area contributed by atoms with Crippen molar-refractivity contribution in [1.29, 1.82) is 0 Å². The molecule has 150 valence electrons. The van der Waals surface area contributed by atoms with Gasteiger partial charge in [-0.1, -0.05) is 12.8 Å². The van der Waals surface area contributed by atoms with Gasteiger partial charge >= 0.3 is 6.03 Å². The van der Waals surface area contributed by atoms with Crippen molar-refractivity contribution in [2.45, 2.75) is 82.8 Å². The van der Waals surface area contributed by atoms with Crippen LogP contribution in [0.3, 0.4) is 0 Å². The van der Waals surface area contributed by atoms with Gasteiger partial charge in [0.05, 0.1) is 5.92 Å². The molecule has 0 radical (unpaired) electrons. The standard InChI is InChI=1S/C19H34N4O2.ClH/c1-14(20)17-10-4-5-12-23(17)18(24)15-7-6-11-22(13-15)19(25)21-16-8-2-3-9-16;/h14-17H,2-13,20H2,1H3,(H,21,25);1H. The van der Waals surface area contributed by atoms with Gasteiger partial charge in [-0.15, -0.1) is 12.4 Å². The summed E-state index contributed by atoms with van der Waals surface area (Å²) in [6.07, 6.45) is 9.60. The van der Waals surface area contributed by atoms with Crippen LogP contribution in [0.25, 0.3) is 0 Å². The molecule has 3 aliphatic rings. The second-order valence-corrected chi connectivity index (χ2v) is 8.17. The van der Waals surface area contributed by atoms with Crippen molar-refractivity contribution in [3.63, 3.8) is 0 Å². The molecule has 2 aliphatic heterocycles. The highest BCUT2D eigenvalue weighted by Gasteiger charge is 2.36. The van der Waals surface area contributed by atoms with Crippen molar-refractivity contribution in [2.24, 2.45) is 11.7 Å². The van der Waals surface area contributed by atoms with Gasteiger partial charge in [0, 0.05) is 37.8 Å². The van der Waals surface area contributed by atoms with Gasteiger partial charge < -0.3 is 20.9 Å². The summed E-state index contributed by atoms with van der Waals surface area (Å²) >= 11 is 0. The van der Waals surface area contributed by atoms with E-state index in [1.165, 1.54) is 12.8 Å². The van der Waals surface area contributed by atoms with Crippen molar-refractivity contribution >= 4 is 24.3 Å². The third-order valence-corrected chi connectivity index (χ3v) is 6.18. The van der Waals surface area contributed by atoms with Crippen LogP contribution in [-0.2, 0) is 4.79 Å². The maximum atomic E-state index is 13.1. The summed E-state index contributed by atoms with van der Waals surface area (Å²) in [5.74, 6) is 0.141. The number of carbonyl (C=O) groups is 2. The molecular formula is C19H35ClN4O2. The first kappa shape index (κ1) is 21.3. The van der Waals surface area contributed by atoms with E-state index in [4.69, 9.17) is 5.73 Å². The summed E-state index contributed by atoms with van der Waals surface area (Å²) in [4.78, 5) is 29.5. The number of nitrogens with two attached hydrogens (primary N) is 1. The van der Waals surface area contributed by atoms with E-state index in [0.29, 0.717) is 12.6 Å². The lowest BCUT2D eigenvalue weighted by molar-refractivity contribution is -0.141. The summed E-state index contributed by atoms with van der Waals surface area (Å²) in [5, 5.41) is 3.16. The number of carbonyl (C=O) groups excluding carboxylic acids is 2. The molecule has 3 amide bonds. The summed E-state index contributed by atoms with van der Waals surface area (Å²) in [6.45, 7) is 4.13. The normalized spacial score (nSPS) is 28.4. The second kappa shape index (κ2) is 9.79. The molecule has 7 heteroatoms. The molecule has 0 aromatic carbocycles. The Kier molecular flexibility index (Phi) is 8.02. The van der Waals surface area contributed by atoms with Gasteiger partial charge in [0.15, 0.2) is 0 Å². The number of amides is 3. The summed E-state index contributed by atoms with van der Waals surface area (Å²) in [5.41, 5.74) is 6.12. The Hall–Kier alpha value is -1.01. The van der Waals surface area contributed by atoms with Crippen LogP contribution in [0.4, 0.5) is 4.79 Å². The van der Waals surface area contributed by atoms with Gasteiger partial charge in [-0.2, -0.15) is 0 Å². The lowest BCUT2D eigenvalue weighted by Crippen LogP contribution is -2.56. The van der Waals surface area contributed by atoms with Gasteiger partial charge in [-0.25, -0.2) is 4.79 Å². The van der Waals surface area contributed by atoms with E-state index in [0.717, 1.165) is 58.0 Å². The number of nitrogens with zero attached hydrogens (tertiary/aromatic N) is 2. The van der Waals surface area contributed by atoms with Crippen LogP contribution in [0, 0.1) is 5.92 Å². The molecule has 26 heavy (non-hydrogen) atoms. The summed E-state index contributed by atoms with van der Waals surface area (Å²) in [6, 6.07) is 0.512. The fourth-order valence-corrected chi connectivity index (χ4v) is 4.71. The molecule has 2 heterocycles. The highest BCUT2D eigenvalue weighted by Crippen LogP contribution is 2.26. The number of hydrogen-bond acceptors (Lipinski definition) is 3. The van der Waals surface area contributed by atoms with Crippen LogP contribution < -0.4 is 11.1 Å². The highest BCUT2D eigenvalue weighted by atomic mass is 35.5. The van der Waals surface area contributed by atoms with Crippen molar-refractivity contribution in [3.05, 3.63) is 0 Å². The highest BCUT2D eigenvalue weighted by molar-refractivity contribution is 5.85. The Balaban J connectivity index is 0.00000243. The van der Waals surface area contributed by atoms with E-state index in [2.05, 4.69) is 5.32 Å². The lowest BCUT2D eigenvalue weighted by atomic mass is 9.91. The zero-order chi connectivity index (χ0) is 17.8. The second-order valence-electron chi connectivity index (χ2n) is 8.17. The Morgan fingerprint density at radius 1 is 1.00 bits per heavy atom. The zero-order valence-corrected chi connectivity index (χ0v) is 16.8. The minimum atomic E-state index is -0.0672. The number of hydrogen-bond donors (Lipinski definition) is 2. The Morgan fingerprint density at radius 3 is 2.38 bits per heavy atom. The number of piperidine rings is 2. The number of halogens is 1. The van der Waals surface area contributed by atoms with E-state index >= 15 is 0 Å². The van der Waals surface area contributed by atoms with E-state index < -0.39 is 0 Å². The maximum absolute atomic E-state index is 13.1. The number of likely N-dealkylation sites (tertiary alicyclic amines) is 2. The first-order chi connectivity index (χ1) is 12.1. The van der Waals surface area contributed by atoms with Gasteiger partial charge in [0.2, 0.25) is 5.91 Å². The third kappa shape index (κ3) is 5.03. The predicted molar refractivity (Wildman–Crippen MR) is 105 cm³/mol. The van der Waals surface area contributed by atoms with Crippen molar-refractivity contribution < 1.29 is 9.59 Å². The third-order valence-electron chi connectivity index (χ3n) is 6.18. The van der Waals surface area contributed by atoms with Crippen LogP contribution in [-0.4, -0.2) is 59.5 Å². The molecule has 3 N–H and O–H groups in total. The smallest absolute Gasteiger partial charge is 0.317 e. The molecular weight excluding hydrogens is 352 g/mol. The van der Waals surface area contributed by atoms with Crippen LogP contribution in [0.1, 0.15) is 64.7 Å². The fourth-order valence-electron chi connectivity index (χ4n) is 4.71. The van der Waals surface area contributed by atoms with Gasteiger partial charge in [-0.05, 0) is 51.9 Å². The minimum absolute atomic E-state index is 0. The quantitative estimate of drug-likeness (QED) is 0.782. The average molecular weight is 387 g/mol. The molecule has 3 atom stereocenters. The largest absolute Gasteiger partial charge is 0.338 e. The van der Waals surface area contributed by atoms with Gasteiger partial charge in [0.1, 0.15) is 0 Å². The van der Waals surface area contributed by atoms with E-state index in [-0.39, 0.29) is 42.3 Å². The molecule has 1 aliphatic carbocycles. The van der Waals surface area contributed by atoms with Gasteiger partial charge in [0.25, 0.3) is 0 Å². The summed E-state index contributed by atoms with van der Waals surface area (Å²) in [7, 11) is 0. The molecule has 1 saturated carbocycles. The van der Waals surface area contributed by atoms with E-state index in [9.17, 15) is 9.59 Å². The predicted octanol–water partition coefficient (Wildman–Crippen LogP) is 2.50. The molecule has 0 spiro atoms. The molecule has 2 saturated heterocycles. The zero-order valence-electron chi connectivity index (χ0n) is 16.0.